The normalized spacial score (nSPS) is 14.6. The summed E-state index contributed by atoms with van der Waals surface area (Å²) in [6.07, 6.45) is 2.50. The molecule has 1 aliphatic rings. The molecule has 1 saturated heterocycles. The predicted octanol–water partition coefficient (Wildman–Crippen LogP) is 4.86. The van der Waals surface area contributed by atoms with Crippen molar-refractivity contribution in [3.8, 4) is 5.69 Å². The highest BCUT2D eigenvalue weighted by Gasteiger charge is 2.30. The van der Waals surface area contributed by atoms with Crippen LogP contribution in [0.3, 0.4) is 0 Å². The zero-order valence-corrected chi connectivity index (χ0v) is 19.8. The van der Waals surface area contributed by atoms with Gasteiger partial charge in [-0.1, -0.05) is 17.7 Å². The number of benzene rings is 2. The van der Waals surface area contributed by atoms with E-state index in [0.29, 0.717) is 34.0 Å². The smallest absolute Gasteiger partial charge is 0.270 e. The summed E-state index contributed by atoms with van der Waals surface area (Å²) < 4.78 is 1.76. The fraction of sp³-hybridized carbons (Fsp3) is 0.238. The number of hydrogen-bond acceptors (Lipinski definition) is 6. The number of hydrogen-bond donors (Lipinski definition) is 0. The molecule has 2 aromatic heterocycles. The average Bonchev–Trinajstić information content (AvgIpc) is 3.46. The lowest BCUT2D eigenvalue weighted by Gasteiger charge is -2.28. The molecule has 0 atom stereocenters. The van der Waals surface area contributed by atoms with Gasteiger partial charge in [0.15, 0.2) is 0 Å². The van der Waals surface area contributed by atoms with Gasteiger partial charge < -0.3 is 0 Å². The number of amides is 1. The third-order valence-corrected chi connectivity index (χ3v) is 6.69. The van der Waals surface area contributed by atoms with Crippen molar-refractivity contribution in [2.24, 2.45) is 0 Å². The van der Waals surface area contributed by atoms with E-state index < -0.39 is 0 Å². The summed E-state index contributed by atoms with van der Waals surface area (Å²) in [7, 11) is 0. The van der Waals surface area contributed by atoms with Crippen LogP contribution in [0.15, 0.2) is 47.2 Å². The molecule has 7 nitrogen and oxygen atoms in total. The Labute approximate surface area is 196 Å². The van der Waals surface area contributed by atoms with Gasteiger partial charge in [-0.25, -0.2) is 9.99 Å². The van der Waals surface area contributed by atoms with E-state index in [2.05, 4.69) is 48.3 Å². The molecule has 5 rings (SSSR count). The molecule has 1 fully saturated rings. The molecular weight excluding hydrogens is 500 g/mol. The lowest BCUT2D eigenvalue weighted by Crippen LogP contribution is -2.41. The second-order valence-electron chi connectivity index (χ2n) is 7.32. The van der Waals surface area contributed by atoms with Crippen molar-refractivity contribution in [2.75, 3.05) is 13.1 Å². The third-order valence-electron chi connectivity index (χ3n) is 5.16. The number of fused-ring (bicyclic) bond motifs is 1. The number of halogens is 2. The van der Waals surface area contributed by atoms with Gasteiger partial charge in [-0.2, -0.15) is 5.10 Å². The van der Waals surface area contributed by atoms with E-state index in [1.807, 2.05) is 13.0 Å². The average molecular weight is 518 g/mol. The van der Waals surface area contributed by atoms with E-state index >= 15 is 0 Å². The Kier molecular flexibility index (Phi) is 5.51. The largest absolute Gasteiger partial charge is 0.271 e. The molecule has 0 spiro atoms. The third kappa shape index (κ3) is 4.10. The quantitative estimate of drug-likeness (QED) is 0.387. The first-order chi connectivity index (χ1) is 15.0. The van der Waals surface area contributed by atoms with Crippen molar-refractivity contribution in [2.45, 2.75) is 19.9 Å². The molecule has 1 amide bonds. The predicted molar refractivity (Wildman–Crippen MR) is 124 cm³/mol. The Morgan fingerprint density at radius 1 is 1.23 bits per heavy atom. The summed E-state index contributed by atoms with van der Waals surface area (Å²) >= 11 is 11.2. The van der Waals surface area contributed by atoms with E-state index in [1.165, 1.54) is 9.50 Å². The van der Waals surface area contributed by atoms with Crippen molar-refractivity contribution in [1.29, 1.82) is 0 Å². The number of thiazole rings is 1. The number of carbonyl (C=O) groups excluding carboxylic acids is 1. The van der Waals surface area contributed by atoms with Gasteiger partial charge in [0.2, 0.25) is 0 Å². The first-order valence-electron chi connectivity index (χ1n) is 9.78. The molecule has 4 aromatic rings. The fourth-order valence-electron chi connectivity index (χ4n) is 3.81. The highest BCUT2D eigenvalue weighted by molar-refractivity contribution is 9.10. The second-order valence-corrected chi connectivity index (χ2v) is 9.81. The minimum Gasteiger partial charge on any atom is -0.271 e. The maximum atomic E-state index is 13.6. The number of hydrazine groups is 1. The topological polar surface area (TPSA) is 67.2 Å². The van der Waals surface area contributed by atoms with E-state index in [1.54, 1.807) is 40.7 Å². The molecule has 0 unspecified atom stereocenters. The zero-order chi connectivity index (χ0) is 21.5. The van der Waals surface area contributed by atoms with Crippen LogP contribution in [-0.4, -0.2) is 49.0 Å². The molecule has 1 aliphatic heterocycles. The van der Waals surface area contributed by atoms with Crippen LogP contribution in [0.5, 0.6) is 0 Å². The van der Waals surface area contributed by atoms with Gasteiger partial charge in [-0.15, -0.1) is 21.2 Å². The fourth-order valence-corrected chi connectivity index (χ4v) is 5.11. The van der Waals surface area contributed by atoms with Crippen molar-refractivity contribution < 1.29 is 4.79 Å². The second kappa shape index (κ2) is 8.31. The lowest BCUT2D eigenvalue weighted by atomic mass is 10.1. The molecule has 0 saturated carbocycles. The van der Waals surface area contributed by atoms with Crippen molar-refractivity contribution >= 4 is 55.0 Å². The summed E-state index contributed by atoms with van der Waals surface area (Å²) in [5.41, 5.74) is 3.23. The molecular formula is C21H18BrClN6OS. The number of rotatable bonds is 4. The van der Waals surface area contributed by atoms with Crippen molar-refractivity contribution in [3.63, 3.8) is 0 Å². The van der Waals surface area contributed by atoms with E-state index in [4.69, 9.17) is 11.6 Å². The highest BCUT2D eigenvalue weighted by Crippen LogP contribution is 2.27. The van der Waals surface area contributed by atoms with Gasteiger partial charge in [0.25, 0.3) is 5.91 Å². The molecule has 0 radical (unpaired) electrons. The Bertz CT molecular complexity index is 1290. The van der Waals surface area contributed by atoms with E-state index in [-0.39, 0.29) is 5.91 Å². The van der Waals surface area contributed by atoms with Crippen LogP contribution in [0.2, 0.25) is 5.02 Å². The van der Waals surface area contributed by atoms with Crippen LogP contribution >= 0.6 is 38.9 Å². The maximum absolute atomic E-state index is 13.6. The van der Waals surface area contributed by atoms with Crippen molar-refractivity contribution in [1.82, 2.24) is 30.0 Å². The minimum atomic E-state index is -0.113. The van der Waals surface area contributed by atoms with Gasteiger partial charge in [-0.3, -0.25) is 9.80 Å². The number of aromatic nitrogens is 4. The van der Waals surface area contributed by atoms with Gasteiger partial charge >= 0.3 is 0 Å². The van der Waals surface area contributed by atoms with Crippen LogP contribution in [0.1, 0.15) is 27.3 Å². The van der Waals surface area contributed by atoms with Crippen LogP contribution in [0, 0.1) is 6.92 Å². The summed E-state index contributed by atoms with van der Waals surface area (Å²) in [4.78, 5) is 19.5. The molecule has 31 heavy (non-hydrogen) atoms. The number of aryl methyl sites for hydroxylation is 1. The molecule has 0 bridgehead atoms. The van der Waals surface area contributed by atoms with Gasteiger partial charge in [0.1, 0.15) is 4.60 Å². The number of carbonyl (C=O) groups is 1. The minimum absolute atomic E-state index is 0.113. The first-order valence-corrected chi connectivity index (χ1v) is 11.8. The zero-order valence-electron chi connectivity index (χ0n) is 16.6. The summed E-state index contributed by atoms with van der Waals surface area (Å²) in [6.45, 7) is 4.14. The molecule has 158 valence electrons. The van der Waals surface area contributed by atoms with Gasteiger partial charge in [-0.05, 0) is 65.2 Å². The lowest BCUT2D eigenvalue weighted by molar-refractivity contribution is 0.0170. The summed E-state index contributed by atoms with van der Waals surface area (Å²) in [6, 6.07) is 11.5. The van der Waals surface area contributed by atoms with Crippen molar-refractivity contribution in [3.05, 3.63) is 68.4 Å². The summed E-state index contributed by atoms with van der Waals surface area (Å²) in [5, 5.41) is 14.0. The first kappa shape index (κ1) is 20.6. The molecule has 10 heteroatoms. The van der Waals surface area contributed by atoms with E-state index in [9.17, 15) is 4.79 Å². The van der Waals surface area contributed by atoms with Gasteiger partial charge in [0.05, 0.1) is 32.7 Å². The highest BCUT2D eigenvalue weighted by atomic mass is 79.9. The maximum Gasteiger partial charge on any atom is 0.270 e. The summed E-state index contributed by atoms with van der Waals surface area (Å²) in [5.74, 6) is -0.113. The van der Waals surface area contributed by atoms with Crippen LogP contribution in [-0.2, 0) is 6.54 Å². The van der Waals surface area contributed by atoms with Crippen LogP contribution in [0.25, 0.3) is 15.9 Å². The van der Waals surface area contributed by atoms with E-state index in [0.717, 1.165) is 29.1 Å². The number of nitrogens with zero attached hydrogens (tertiary/aromatic N) is 6. The molecule has 0 aliphatic carbocycles. The SMILES string of the molecule is Cc1nc2ccc(CN3CCCN3C(=O)c3cc(Cl)ccc3-n3ncc(Br)n3)cc2s1. The molecule has 3 heterocycles. The standard InChI is InChI=1S/C21H18BrClN6OS/c1-13-25-17-5-3-14(9-19(17)31-13)12-27-7-2-8-28(27)21(30)16-10-15(23)4-6-18(16)29-24-11-20(22)26-29/h3-6,9-11H,2,7-8,12H2,1H3. The van der Waals surface area contributed by atoms with Crippen LogP contribution in [0.4, 0.5) is 0 Å². The Morgan fingerprint density at radius 3 is 2.90 bits per heavy atom. The molecule has 2 aromatic carbocycles. The Hall–Kier alpha value is -2.33. The van der Waals surface area contributed by atoms with Gasteiger partial charge in [0, 0.05) is 24.7 Å². The van der Waals surface area contributed by atoms with Crippen LogP contribution < -0.4 is 0 Å². The monoisotopic (exact) mass is 516 g/mol. The Morgan fingerprint density at radius 2 is 2.10 bits per heavy atom. The Balaban J connectivity index is 1.44. The molecule has 0 N–H and O–H groups in total.